The molecule has 0 fully saturated rings. The summed E-state index contributed by atoms with van der Waals surface area (Å²) in [5.41, 5.74) is 1.54. The Hall–Kier alpha value is -0.890. The zero-order chi connectivity index (χ0) is 12.6. The van der Waals surface area contributed by atoms with Crippen LogP contribution in [0.5, 0.6) is 0 Å². The largest absolute Gasteiger partial charge is 0.307 e. The van der Waals surface area contributed by atoms with Gasteiger partial charge in [-0.1, -0.05) is 39.2 Å². The molecule has 96 valence electrons. The summed E-state index contributed by atoms with van der Waals surface area (Å²) >= 11 is 0. The first-order valence-corrected chi connectivity index (χ1v) is 6.84. The Morgan fingerprint density at radius 2 is 2.12 bits per heavy atom. The molecule has 0 aromatic carbocycles. The fraction of sp³-hybridized carbons (Fsp3) is 0.667. The molecule has 0 aliphatic heterocycles. The number of unbranched alkanes of at least 4 members (excludes halogenated alkanes) is 2. The molecule has 0 amide bonds. The molecule has 1 aromatic rings. The monoisotopic (exact) mass is 234 g/mol. The molecule has 1 aromatic heterocycles. The summed E-state index contributed by atoms with van der Waals surface area (Å²) in [5, 5.41) is 3.68. The first-order valence-electron chi connectivity index (χ1n) is 6.84. The summed E-state index contributed by atoms with van der Waals surface area (Å²) in [5.74, 6) is 0. The van der Waals surface area contributed by atoms with E-state index >= 15 is 0 Å². The SMILES string of the molecule is CCCCCC(C)(CC)NCc1cccnc1. The second-order valence-corrected chi connectivity index (χ2v) is 5.09. The van der Waals surface area contributed by atoms with Gasteiger partial charge in [0.25, 0.3) is 0 Å². The number of hydrogen-bond donors (Lipinski definition) is 1. The van der Waals surface area contributed by atoms with Gasteiger partial charge in [0.2, 0.25) is 0 Å². The molecular weight excluding hydrogens is 208 g/mol. The normalized spacial score (nSPS) is 14.5. The predicted octanol–water partition coefficient (Wildman–Crippen LogP) is 3.92. The topological polar surface area (TPSA) is 24.9 Å². The molecule has 0 aliphatic carbocycles. The van der Waals surface area contributed by atoms with Crippen LogP contribution in [0.25, 0.3) is 0 Å². The lowest BCUT2D eigenvalue weighted by molar-refractivity contribution is 0.306. The van der Waals surface area contributed by atoms with Crippen molar-refractivity contribution in [1.29, 1.82) is 0 Å². The van der Waals surface area contributed by atoms with Crippen LogP contribution in [-0.4, -0.2) is 10.5 Å². The molecule has 1 unspecified atom stereocenters. The van der Waals surface area contributed by atoms with Crippen LogP contribution in [0.2, 0.25) is 0 Å². The molecule has 0 aliphatic rings. The van der Waals surface area contributed by atoms with Gasteiger partial charge in [0.05, 0.1) is 0 Å². The van der Waals surface area contributed by atoms with Crippen LogP contribution in [0.1, 0.15) is 58.4 Å². The summed E-state index contributed by atoms with van der Waals surface area (Å²) < 4.78 is 0. The van der Waals surface area contributed by atoms with Crippen molar-refractivity contribution < 1.29 is 0 Å². The smallest absolute Gasteiger partial charge is 0.0312 e. The number of aromatic nitrogens is 1. The van der Waals surface area contributed by atoms with E-state index in [9.17, 15) is 0 Å². The van der Waals surface area contributed by atoms with Gasteiger partial charge in [-0.2, -0.15) is 0 Å². The van der Waals surface area contributed by atoms with E-state index in [0.29, 0.717) is 0 Å². The molecule has 2 nitrogen and oxygen atoms in total. The van der Waals surface area contributed by atoms with Gasteiger partial charge in [0, 0.05) is 24.5 Å². The molecule has 0 radical (unpaired) electrons. The maximum absolute atomic E-state index is 4.15. The van der Waals surface area contributed by atoms with Crippen LogP contribution in [0.15, 0.2) is 24.5 Å². The van der Waals surface area contributed by atoms with E-state index in [1.54, 1.807) is 0 Å². The van der Waals surface area contributed by atoms with Gasteiger partial charge in [-0.05, 0) is 31.4 Å². The second-order valence-electron chi connectivity index (χ2n) is 5.09. The highest BCUT2D eigenvalue weighted by Crippen LogP contribution is 2.19. The summed E-state index contributed by atoms with van der Waals surface area (Å²) in [6.07, 6.45) is 10.2. The molecule has 1 rings (SSSR count). The molecule has 0 saturated heterocycles. The minimum absolute atomic E-state index is 0.269. The molecule has 1 N–H and O–H groups in total. The van der Waals surface area contributed by atoms with Gasteiger partial charge in [-0.15, -0.1) is 0 Å². The molecule has 0 saturated carbocycles. The van der Waals surface area contributed by atoms with E-state index < -0.39 is 0 Å². The minimum Gasteiger partial charge on any atom is -0.307 e. The zero-order valence-electron chi connectivity index (χ0n) is 11.5. The highest BCUT2D eigenvalue weighted by atomic mass is 15.0. The molecule has 1 atom stereocenters. The van der Waals surface area contributed by atoms with E-state index in [1.807, 2.05) is 18.5 Å². The summed E-state index contributed by atoms with van der Waals surface area (Å²) in [4.78, 5) is 4.15. The average molecular weight is 234 g/mol. The van der Waals surface area contributed by atoms with E-state index in [2.05, 4.69) is 37.1 Å². The Balaban J connectivity index is 2.40. The van der Waals surface area contributed by atoms with Crippen molar-refractivity contribution in [2.24, 2.45) is 0 Å². The van der Waals surface area contributed by atoms with Crippen LogP contribution < -0.4 is 5.32 Å². The fourth-order valence-corrected chi connectivity index (χ4v) is 1.97. The molecular formula is C15H26N2. The first-order chi connectivity index (χ1) is 8.20. The van der Waals surface area contributed by atoms with Crippen LogP contribution in [0, 0.1) is 0 Å². The Bertz CT molecular complexity index is 297. The number of rotatable bonds is 8. The van der Waals surface area contributed by atoms with Crippen molar-refractivity contribution in [2.75, 3.05) is 0 Å². The third-order valence-corrected chi connectivity index (χ3v) is 3.55. The van der Waals surface area contributed by atoms with Gasteiger partial charge in [-0.3, -0.25) is 4.98 Å². The molecule has 0 bridgehead atoms. The van der Waals surface area contributed by atoms with Crippen molar-refractivity contribution in [2.45, 2.75) is 65.0 Å². The van der Waals surface area contributed by atoms with Crippen molar-refractivity contribution in [3.8, 4) is 0 Å². The lowest BCUT2D eigenvalue weighted by Gasteiger charge is -2.30. The first kappa shape index (κ1) is 14.2. The maximum Gasteiger partial charge on any atom is 0.0312 e. The number of nitrogens with zero attached hydrogens (tertiary/aromatic N) is 1. The van der Waals surface area contributed by atoms with E-state index in [4.69, 9.17) is 0 Å². The van der Waals surface area contributed by atoms with Gasteiger partial charge in [0.1, 0.15) is 0 Å². The van der Waals surface area contributed by atoms with Gasteiger partial charge in [-0.25, -0.2) is 0 Å². The zero-order valence-corrected chi connectivity index (χ0v) is 11.5. The highest BCUT2D eigenvalue weighted by molar-refractivity contribution is 5.08. The van der Waals surface area contributed by atoms with Crippen LogP contribution in [-0.2, 0) is 6.54 Å². The average Bonchev–Trinajstić information content (AvgIpc) is 2.38. The Kier molecular flexibility index (Phi) is 6.20. The molecule has 2 heteroatoms. The lowest BCUT2D eigenvalue weighted by Crippen LogP contribution is -2.41. The minimum atomic E-state index is 0.269. The van der Waals surface area contributed by atoms with Gasteiger partial charge < -0.3 is 5.32 Å². The number of nitrogens with one attached hydrogen (secondary N) is 1. The summed E-state index contributed by atoms with van der Waals surface area (Å²) in [7, 11) is 0. The highest BCUT2D eigenvalue weighted by Gasteiger charge is 2.20. The molecule has 1 heterocycles. The van der Waals surface area contributed by atoms with Gasteiger partial charge in [0.15, 0.2) is 0 Å². The van der Waals surface area contributed by atoms with Crippen LogP contribution in [0.4, 0.5) is 0 Å². The van der Waals surface area contributed by atoms with Crippen molar-refractivity contribution in [3.05, 3.63) is 30.1 Å². The van der Waals surface area contributed by atoms with E-state index in [-0.39, 0.29) is 5.54 Å². The predicted molar refractivity (Wildman–Crippen MR) is 73.9 cm³/mol. The van der Waals surface area contributed by atoms with Crippen molar-refractivity contribution in [1.82, 2.24) is 10.3 Å². The van der Waals surface area contributed by atoms with Crippen molar-refractivity contribution >= 4 is 0 Å². The van der Waals surface area contributed by atoms with Crippen LogP contribution >= 0.6 is 0 Å². The fourth-order valence-electron chi connectivity index (χ4n) is 1.97. The van der Waals surface area contributed by atoms with Gasteiger partial charge >= 0.3 is 0 Å². The molecule has 0 spiro atoms. The van der Waals surface area contributed by atoms with Crippen molar-refractivity contribution in [3.63, 3.8) is 0 Å². The molecule has 17 heavy (non-hydrogen) atoms. The third-order valence-electron chi connectivity index (χ3n) is 3.55. The van der Waals surface area contributed by atoms with Crippen LogP contribution in [0.3, 0.4) is 0 Å². The summed E-state index contributed by atoms with van der Waals surface area (Å²) in [6, 6.07) is 4.12. The van der Waals surface area contributed by atoms with E-state index in [1.165, 1.54) is 37.7 Å². The maximum atomic E-state index is 4.15. The third kappa shape index (κ3) is 5.31. The lowest BCUT2D eigenvalue weighted by atomic mass is 9.91. The number of hydrogen-bond acceptors (Lipinski definition) is 2. The number of pyridine rings is 1. The quantitative estimate of drug-likeness (QED) is 0.690. The van der Waals surface area contributed by atoms with E-state index in [0.717, 1.165) is 6.54 Å². The Morgan fingerprint density at radius 1 is 1.29 bits per heavy atom. The Labute approximate surface area is 106 Å². The second kappa shape index (κ2) is 7.44. The Morgan fingerprint density at radius 3 is 2.71 bits per heavy atom. The standard InChI is InChI=1S/C15H26N2/c1-4-6-7-10-15(3,5-2)17-13-14-9-8-11-16-12-14/h8-9,11-12,17H,4-7,10,13H2,1-3H3. The summed E-state index contributed by atoms with van der Waals surface area (Å²) in [6.45, 7) is 7.78.